The number of hydrogen-bond acceptors (Lipinski definition) is 5. The van der Waals surface area contributed by atoms with Crippen LogP contribution in [0.2, 0.25) is 0 Å². The molecule has 4 aromatic rings. The summed E-state index contributed by atoms with van der Waals surface area (Å²) in [7, 11) is 1.85. The Morgan fingerprint density at radius 1 is 1.07 bits per heavy atom. The molecule has 1 N–H and O–H groups in total. The van der Waals surface area contributed by atoms with Crippen molar-refractivity contribution >= 4 is 16.9 Å². The number of aryl methyl sites for hydroxylation is 1. The average molecular weight is 555 g/mol. The lowest BCUT2D eigenvalue weighted by Gasteiger charge is -2.29. The number of aromatic carboxylic acids is 1. The first-order valence-electron chi connectivity index (χ1n) is 13.5. The van der Waals surface area contributed by atoms with Crippen LogP contribution in [0.1, 0.15) is 77.6 Å². The number of alkyl halides is 3. The van der Waals surface area contributed by atoms with Crippen LogP contribution in [0, 0.1) is 0 Å². The standard InChI is InChI=1S/C30H29F3N2O5/c1-35-15-23(29(36)37)21-13-10-19(14-25(21)35)17-8-11-20(12-9-17)38-16-24-27(34-40-28(24)18-6-7-18)22-4-2-3-5-26(22)39-30(31,32)33/h2-5,10,13-15,17-18,20H,6-9,11-12,16H2,1H3,(H,36,37)/t17-,20-. The van der Waals surface area contributed by atoms with Crippen LogP contribution in [-0.4, -0.2) is 33.3 Å². The molecule has 2 heterocycles. The molecule has 0 bridgehead atoms. The van der Waals surface area contributed by atoms with E-state index in [9.17, 15) is 23.1 Å². The lowest BCUT2D eigenvalue weighted by Crippen LogP contribution is -2.21. The van der Waals surface area contributed by atoms with Crippen LogP contribution in [-0.2, 0) is 18.4 Å². The van der Waals surface area contributed by atoms with Gasteiger partial charge in [-0.2, -0.15) is 0 Å². The van der Waals surface area contributed by atoms with Gasteiger partial charge in [-0.1, -0.05) is 29.4 Å². The molecule has 0 aliphatic heterocycles. The molecule has 0 saturated heterocycles. The van der Waals surface area contributed by atoms with Crippen LogP contribution in [0.4, 0.5) is 13.2 Å². The Kier molecular flexibility index (Phi) is 6.82. The summed E-state index contributed by atoms with van der Waals surface area (Å²) >= 11 is 0. The third-order valence-electron chi connectivity index (χ3n) is 7.99. The Balaban J connectivity index is 1.15. The SMILES string of the molecule is Cn1cc(C(=O)O)c2ccc([C@H]3CC[C@H](OCc4c(-c5ccccc5OC(F)(F)F)noc4C4CC4)CC3)cc21. The first-order valence-corrected chi connectivity index (χ1v) is 13.5. The third kappa shape index (κ3) is 5.32. The summed E-state index contributed by atoms with van der Waals surface area (Å²) in [5.41, 5.74) is 3.61. The molecule has 0 radical (unpaired) electrons. The summed E-state index contributed by atoms with van der Waals surface area (Å²) in [6, 6.07) is 11.9. The number of carboxylic acids is 1. The molecule has 210 valence electrons. The predicted molar refractivity (Wildman–Crippen MR) is 140 cm³/mol. The first-order chi connectivity index (χ1) is 19.2. The molecule has 10 heteroatoms. The Labute approximate surface area is 228 Å². The molecule has 7 nitrogen and oxygen atoms in total. The topological polar surface area (TPSA) is 86.7 Å². The number of rotatable bonds is 8. The summed E-state index contributed by atoms with van der Waals surface area (Å²) in [5, 5.41) is 14.4. The summed E-state index contributed by atoms with van der Waals surface area (Å²) < 4.78 is 57.2. The second kappa shape index (κ2) is 10.3. The molecule has 2 aromatic heterocycles. The Morgan fingerprint density at radius 3 is 2.50 bits per heavy atom. The fraction of sp³-hybridized carbons (Fsp3) is 0.400. The molecule has 2 aliphatic rings. The van der Waals surface area contributed by atoms with Crippen molar-refractivity contribution in [3.8, 4) is 17.0 Å². The molecule has 0 amide bonds. The quantitative estimate of drug-likeness (QED) is 0.242. The van der Waals surface area contributed by atoms with Crippen molar-refractivity contribution in [1.82, 2.24) is 9.72 Å². The highest BCUT2D eigenvalue weighted by atomic mass is 19.4. The van der Waals surface area contributed by atoms with Gasteiger partial charge in [0.15, 0.2) is 0 Å². The van der Waals surface area contributed by atoms with Crippen molar-refractivity contribution < 1.29 is 37.1 Å². The van der Waals surface area contributed by atoms with Gasteiger partial charge in [0.2, 0.25) is 0 Å². The van der Waals surface area contributed by atoms with Gasteiger partial charge in [0.1, 0.15) is 17.2 Å². The van der Waals surface area contributed by atoms with E-state index in [-0.39, 0.29) is 29.9 Å². The fourth-order valence-corrected chi connectivity index (χ4v) is 5.80. The number of hydrogen-bond donors (Lipinski definition) is 1. The Bertz CT molecular complexity index is 1540. The molecule has 2 aromatic carbocycles. The van der Waals surface area contributed by atoms with E-state index in [2.05, 4.69) is 16.0 Å². The number of nitrogens with zero attached hydrogens (tertiary/aromatic N) is 2. The van der Waals surface area contributed by atoms with Crippen molar-refractivity contribution in [1.29, 1.82) is 0 Å². The van der Waals surface area contributed by atoms with E-state index >= 15 is 0 Å². The number of fused-ring (bicyclic) bond motifs is 1. The van der Waals surface area contributed by atoms with E-state index in [1.54, 1.807) is 18.3 Å². The minimum Gasteiger partial charge on any atom is -0.478 e. The summed E-state index contributed by atoms with van der Waals surface area (Å²) in [5.74, 6) is -0.0271. The minimum atomic E-state index is -4.82. The van der Waals surface area contributed by atoms with Gasteiger partial charge in [0.25, 0.3) is 0 Å². The third-order valence-corrected chi connectivity index (χ3v) is 7.99. The zero-order chi connectivity index (χ0) is 28.0. The molecule has 0 unspecified atom stereocenters. The van der Waals surface area contributed by atoms with Gasteiger partial charge in [-0.3, -0.25) is 0 Å². The highest BCUT2D eigenvalue weighted by Gasteiger charge is 2.36. The average Bonchev–Trinajstić information content (AvgIpc) is 3.60. The van der Waals surface area contributed by atoms with E-state index in [1.807, 2.05) is 23.7 Å². The molecule has 0 spiro atoms. The molecule has 0 atom stereocenters. The number of aromatic nitrogens is 2. The molecule has 6 rings (SSSR count). The summed E-state index contributed by atoms with van der Waals surface area (Å²) in [6.45, 7) is 0.202. The van der Waals surface area contributed by atoms with Gasteiger partial charge in [-0.15, -0.1) is 13.2 Å². The summed E-state index contributed by atoms with van der Waals surface area (Å²) in [6.07, 6.45) is 2.24. The number of ether oxygens (including phenoxy) is 2. The molecular formula is C30H29F3N2O5. The lowest BCUT2D eigenvalue weighted by atomic mass is 9.82. The van der Waals surface area contributed by atoms with Gasteiger partial charge in [0, 0.05) is 41.2 Å². The van der Waals surface area contributed by atoms with Crippen LogP contribution in [0.25, 0.3) is 22.2 Å². The van der Waals surface area contributed by atoms with Crippen molar-refractivity contribution in [3.63, 3.8) is 0 Å². The normalized spacial score (nSPS) is 19.7. The Hall–Kier alpha value is -3.79. The molecule has 2 saturated carbocycles. The highest BCUT2D eigenvalue weighted by molar-refractivity contribution is 6.03. The number of benzene rings is 2. The molecule has 2 fully saturated rings. The number of halogens is 3. The molecule has 40 heavy (non-hydrogen) atoms. The maximum absolute atomic E-state index is 13.0. The maximum atomic E-state index is 13.0. The smallest absolute Gasteiger partial charge is 0.478 e. The van der Waals surface area contributed by atoms with Crippen LogP contribution in [0.3, 0.4) is 0 Å². The zero-order valence-corrected chi connectivity index (χ0v) is 21.9. The second-order valence-electron chi connectivity index (χ2n) is 10.7. The van der Waals surface area contributed by atoms with Crippen molar-refractivity contribution in [2.24, 2.45) is 7.05 Å². The van der Waals surface area contributed by atoms with Gasteiger partial charge in [-0.05, 0) is 68.2 Å². The van der Waals surface area contributed by atoms with Crippen molar-refractivity contribution in [2.45, 2.75) is 69.4 Å². The predicted octanol–water partition coefficient (Wildman–Crippen LogP) is 7.55. The molecule has 2 aliphatic carbocycles. The lowest BCUT2D eigenvalue weighted by molar-refractivity contribution is -0.274. The van der Waals surface area contributed by atoms with Gasteiger partial charge in [-0.25, -0.2) is 4.79 Å². The van der Waals surface area contributed by atoms with E-state index in [0.717, 1.165) is 49.4 Å². The van der Waals surface area contributed by atoms with Crippen LogP contribution in [0.15, 0.2) is 53.2 Å². The summed E-state index contributed by atoms with van der Waals surface area (Å²) in [4.78, 5) is 11.5. The van der Waals surface area contributed by atoms with Crippen LogP contribution in [0.5, 0.6) is 5.75 Å². The van der Waals surface area contributed by atoms with Gasteiger partial charge < -0.3 is 23.7 Å². The maximum Gasteiger partial charge on any atom is 0.573 e. The van der Waals surface area contributed by atoms with Gasteiger partial charge >= 0.3 is 12.3 Å². The second-order valence-corrected chi connectivity index (χ2v) is 10.7. The fourth-order valence-electron chi connectivity index (χ4n) is 5.80. The highest BCUT2D eigenvalue weighted by Crippen LogP contribution is 2.46. The largest absolute Gasteiger partial charge is 0.573 e. The van der Waals surface area contributed by atoms with E-state index in [1.165, 1.54) is 17.7 Å². The monoisotopic (exact) mass is 554 g/mol. The van der Waals surface area contributed by atoms with Crippen LogP contribution >= 0.6 is 0 Å². The molecular weight excluding hydrogens is 525 g/mol. The Morgan fingerprint density at radius 2 is 1.80 bits per heavy atom. The zero-order valence-electron chi connectivity index (χ0n) is 21.9. The van der Waals surface area contributed by atoms with Gasteiger partial charge in [0.05, 0.1) is 18.3 Å². The first kappa shape index (κ1) is 26.4. The van der Waals surface area contributed by atoms with E-state index in [4.69, 9.17) is 9.26 Å². The minimum absolute atomic E-state index is 0.00472. The van der Waals surface area contributed by atoms with E-state index < -0.39 is 12.3 Å². The van der Waals surface area contributed by atoms with Crippen LogP contribution < -0.4 is 4.74 Å². The van der Waals surface area contributed by atoms with E-state index in [0.29, 0.717) is 28.5 Å². The van der Waals surface area contributed by atoms with Crippen molar-refractivity contribution in [3.05, 3.63) is 71.1 Å². The van der Waals surface area contributed by atoms with Crippen molar-refractivity contribution in [2.75, 3.05) is 0 Å². The number of carboxylic acid groups (broad SMARTS) is 1. The number of carbonyl (C=O) groups is 1. The number of para-hydroxylation sites is 1.